The summed E-state index contributed by atoms with van der Waals surface area (Å²) in [5.41, 5.74) is 0.896. The van der Waals surface area contributed by atoms with Crippen molar-refractivity contribution in [3.8, 4) is 5.75 Å². The normalized spacial score (nSPS) is 11.4. The fourth-order valence-corrected chi connectivity index (χ4v) is 3.51. The number of nitrogens with zero attached hydrogens (tertiary/aromatic N) is 1. The van der Waals surface area contributed by atoms with Crippen molar-refractivity contribution in [2.24, 2.45) is 0 Å². The van der Waals surface area contributed by atoms with Crippen LogP contribution in [0.15, 0.2) is 53.4 Å². The summed E-state index contributed by atoms with van der Waals surface area (Å²) in [6.45, 7) is 2.29. The van der Waals surface area contributed by atoms with Gasteiger partial charge in [0.15, 0.2) is 9.84 Å². The third-order valence-electron chi connectivity index (χ3n) is 4.34. The summed E-state index contributed by atoms with van der Waals surface area (Å²) in [6, 6.07) is 13.9. The molecule has 0 unspecified atom stereocenters. The Bertz CT molecular complexity index is 918. The lowest BCUT2D eigenvalue weighted by atomic mass is 10.2. The van der Waals surface area contributed by atoms with E-state index in [1.54, 1.807) is 24.3 Å². The Kier molecular flexibility index (Phi) is 8.95. The quantitative estimate of drug-likeness (QED) is 0.545. The van der Waals surface area contributed by atoms with E-state index in [-0.39, 0.29) is 10.8 Å². The monoisotopic (exact) mass is 438 g/mol. The first-order chi connectivity index (χ1) is 13.8. The minimum atomic E-state index is -3.24. The van der Waals surface area contributed by atoms with Crippen molar-refractivity contribution in [1.29, 1.82) is 0 Å². The van der Waals surface area contributed by atoms with Crippen molar-refractivity contribution in [2.75, 3.05) is 33.0 Å². The summed E-state index contributed by atoms with van der Waals surface area (Å²) in [6.07, 6.45) is 2.34. The first-order valence-electron chi connectivity index (χ1n) is 9.37. The van der Waals surface area contributed by atoms with E-state index in [9.17, 15) is 13.2 Å². The van der Waals surface area contributed by atoms with Crippen LogP contribution >= 0.6 is 11.6 Å². The van der Waals surface area contributed by atoms with E-state index in [0.29, 0.717) is 36.9 Å². The average Bonchev–Trinajstić information content (AvgIpc) is 2.68. The summed E-state index contributed by atoms with van der Waals surface area (Å²) in [7, 11) is -1.29. The molecule has 6 nitrogen and oxygen atoms in total. The van der Waals surface area contributed by atoms with Crippen molar-refractivity contribution in [2.45, 2.75) is 24.3 Å². The molecule has 2 aromatic carbocycles. The molecule has 2 aromatic rings. The third kappa shape index (κ3) is 8.43. The van der Waals surface area contributed by atoms with Gasteiger partial charge in [0.2, 0.25) is 5.91 Å². The smallest absolute Gasteiger partial charge is 0.221 e. The molecule has 0 radical (unpaired) electrons. The molecule has 0 aliphatic carbocycles. The number of nitrogens with one attached hydrogen (secondary N) is 1. The summed E-state index contributed by atoms with van der Waals surface area (Å²) in [4.78, 5) is 14.3. The number of carbonyl (C=O) groups is 1. The van der Waals surface area contributed by atoms with Gasteiger partial charge in [-0.15, -0.1) is 0 Å². The summed E-state index contributed by atoms with van der Waals surface area (Å²) < 4.78 is 28.8. The van der Waals surface area contributed by atoms with Crippen LogP contribution in [0.25, 0.3) is 0 Å². The van der Waals surface area contributed by atoms with E-state index in [4.69, 9.17) is 16.3 Å². The SMILES string of the molecule is CN(CCCOc1cccc(S(C)(=O)=O)c1)CCC(=O)NCc1ccccc1Cl. The lowest BCUT2D eigenvalue weighted by molar-refractivity contribution is -0.121. The van der Waals surface area contributed by atoms with Crippen LogP contribution in [-0.2, 0) is 21.2 Å². The highest BCUT2D eigenvalue weighted by Crippen LogP contribution is 2.17. The molecule has 158 valence electrons. The van der Waals surface area contributed by atoms with Crippen LogP contribution < -0.4 is 10.1 Å². The molecular formula is C21H27ClN2O4S. The first-order valence-corrected chi connectivity index (χ1v) is 11.6. The van der Waals surface area contributed by atoms with Gasteiger partial charge in [0.25, 0.3) is 0 Å². The Labute approximate surface area is 177 Å². The number of ether oxygens (including phenoxy) is 1. The summed E-state index contributed by atoms with van der Waals surface area (Å²) in [5.74, 6) is 0.514. The molecular weight excluding hydrogens is 412 g/mol. The Morgan fingerprint density at radius 3 is 2.62 bits per heavy atom. The fourth-order valence-electron chi connectivity index (χ4n) is 2.65. The fraction of sp³-hybridized carbons (Fsp3) is 0.381. The van der Waals surface area contributed by atoms with Crippen molar-refractivity contribution in [3.05, 3.63) is 59.1 Å². The van der Waals surface area contributed by atoms with Crippen molar-refractivity contribution in [1.82, 2.24) is 10.2 Å². The van der Waals surface area contributed by atoms with E-state index in [1.165, 1.54) is 12.3 Å². The van der Waals surface area contributed by atoms with Crippen molar-refractivity contribution in [3.63, 3.8) is 0 Å². The average molecular weight is 439 g/mol. The van der Waals surface area contributed by atoms with Gasteiger partial charge in [-0.2, -0.15) is 0 Å². The van der Waals surface area contributed by atoms with E-state index in [2.05, 4.69) is 10.2 Å². The lowest BCUT2D eigenvalue weighted by Crippen LogP contribution is -2.29. The van der Waals surface area contributed by atoms with Gasteiger partial charge in [-0.05, 0) is 43.3 Å². The molecule has 0 saturated heterocycles. The Morgan fingerprint density at radius 1 is 1.14 bits per heavy atom. The molecule has 0 spiro atoms. The third-order valence-corrected chi connectivity index (χ3v) is 5.82. The largest absolute Gasteiger partial charge is 0.494 e. The number of carbonyl (C=O) groups excluding carboxylic acids is 1. The molecule has 1 N–H and O–H groups in total. The molecule has 0 aliphatic heterocycles. The number of hydrogen-bond donors (Lipinski definition) is 1. The van der Waals surface area contributed by atoms with Crippen LogP contribution in [-0.4, -0.2) is 52.2 Å². The second-order valence-corrected chi connectivity index (χ2v) is 9.29. The van der Waals surface area contributed by atoms with E-state index in [0.717, 1.165) is 18.5 Å². The number of hydrogen-bond acceptors (Lipinski definition) is 5. The summed E-state index contributed by atoms with van der Waals surface area (Å²) in [5, 5.41) is 3.52. The number of sulfone groups is 1. The predicted octanol–water partition coefficient (Wildman–Crippen LogP) is 3.15. The Morgan fingerprint density at radius 2 is 1.90 bits per heavy atom. The number of amides is 1. The number of rotatable bonds is 11. The van der Waals surface area contributed by atoms with Gasteiger partial charge in [0.1, 0.15) is 5.75 Å². The molecule has 29 heavy (non-hydrogen) atoms. The van der Waals surface area contributed by atoms with Crippen LogP contribution in [0.4, 0.5) is 0 Å². The van der Waals surface area contributed by atoms with Gasteiger partial charge < -0.3 is 15.0 Å². The zero-order valence-electron chi connectivity index (χ0n) is 16.7. The van der Waals surface area contributed by atoms with Crippen LogP contribution in [0.1, 0.15) is 18.4 Å². The topological polar surface area (TPSA) is 75.7 Å². The Hall–Kier alpha value is -2.09. The standard InChI is InChI=1S/C21H27ClN2O4S/c1-24(13-11-21(25)23-16-17-7-3-4-10-20(17)22)12-6-14-28-18-8-5-9-19(15-18)29(2,26)27/h3-5,7-10,15H,6,11-14,16H2,1-2H3,(H,23,25). The molecule has 0 fully saturated rings. The van der Waals surface area contributed by atoms with E-state index in [1.807, 2.05) is 25.2 Å². The molecule has 1 amide bonds. The number of benzene rings is 2. The van der Waals surface area contributed by atoms with Crippen molar-refractivity contribution >= 4 is 27.3 Å². The highest BCUT2D eigenvalue weighted by Gasteiger charge is 2.08. The first kappa shape index (κ1) is 23.2. The van der Waals surface area contributed by atoms with Crippen LogP contribution in [0.2, 0.25) is 5.02 Å². The molecule has 0 aromatic heterocycles. The van der Waals surface area contributed by atoms with E-state index < -0.39 is 9.84 Å². The maximum atomic E-state index is 12.0. The molecule has 8 heteroatoms. The van der Waals surface area contributed by atoms with Gasteiger partial charge in [-0.3, -0.25) is 4.79 Å². The molecule has 0 atom stereocenters. The highest BCUT2D eigenvalue weighted by atomic mass is 35.5. The van der Waals surface area contributed by atoms with Crippen LogP contribution in [0, 0.1) is 0 Å². The van der Waals surface area contributed by atoms with Crippen LogP contribution in [0.3, 0.4) is 0 Å². The second-order valence-electron chi connectivity index (χ2n) is 6.87. The van der Waals surface area contributed by atoms with Gasteiger partial charge >= 0.3 is 0 Å². The minimum Gasteiger partial charge on any atom is -0.494 e. The molecule has 0 bridgehead atoms. The minimum absolute atomic E-state index is 0.0226. The predicted molar refractivity (Wildman–Crippen MR) is 115 cm³/mol. The van der Waals surface area contributed by atoms with Crippen LogP contribution in [0.5, 0.6) is 5.75 Å². The van der Waals surface area contributed by atoms with E-state index >= 15 is 0 Å². The molecule has 0 saturated carbocycles. The number of halogens is 1. The maximum absolute atomic E-state index is 12.0. The van der Waals surface area contributed by atoms with Gasteiger partial charge in [-0.1, -0.05) is 35.9 Å². The maximum Gasteiger partial charge on any atom is 0.221 e. The zero-order valence-corrected chi connectivity index (χ0v) is 18.3. The Balaban J connectivity index is 1.63. The lowest BCUT2D eigenvalue weighted by Gasteiger charge is -2.16. The second kappa shape index (κ2) is 11.2. The van der Waals surface area contributed by atoms with Gasteiger partial charge in [-0.25, -0.2) is 8.42 Å². The summed E-state index contributed by atoms with van der Waals surface area (Å²) >= 11 is 6.08. The molecule has 2 rings (SSSR count). The van der Waals surface area contributed by atoms with Gasteiger partial charge in [0.05, 0.1) is 11.5 Å². The molecule has 0 aliphatic rings. The molecule has 0 heterocycles. The van der Waals surface area contributed by atoms with Crippen molar-refractivity contribution < 1.29 is 17.9 Å². The van der Waals surface area contributed by atoms with Gasteiger partial charge in [0, 0.05) is 37.3 Å². The highest BCUT2D eigenvalue weighted by molar-refractivity contribution is 7.90. The zero-order chi connectivity index (χ0) is 21.3.